The largest absolute Gasteiger partial charge is 0.510 e. The number of nitrogens with zero attached hydrogens (tertiary/aromatic N) is 2. The lowest BCUT2D eigenvalue weighted by molar-refractivity contribution is -0.148. The molecule has 4 rings (SSSR count). The van der Waals surface area contributed by atoms with E-state index in [1.54, 1.807) is 33.1 Å². The highest BCUT2D eigenvalue weighted by Gasteiger charge is 2.63. The van der Waals surface area contributed by atoms with Gasteiger partial charge in [-0.3, -0.25) is 24.1 Å². The number of benzene rings is 1. The molecule has 0 saturated carbocycles. The van der Waals surface area contributed by atoms with Crippen molar-refractivity contribution in [3.63, 3.8) is 0 Å². The zero-order valence-corrected chi connectivity index (χ0v) is 23.0. The Morgan fingerprint density at radius 2 is 1.77 bits per heavy atom. The number of aliphatic hydroxyl groups is 3. The molecule has 1 aromatic rings. The number of carbonyl (C=O) groups excluding carboxylic acids is 4. The fourth-order valence-corrected chi connectivity index (χ4v) is 6.57. The van der Waals surface area contributed by atoms with Crippen molar-refractivity contribution in [1.82, 2.24) is 4.90 Å². The summed E-state index contributed by atoms with van der Waals surface area (Å²) in [5, 5.41) is 47.4. The highest BCUT2D eigenvalue weighted by molar-refractivity contribution is 6.38. The van der Waals surface area contributed by atoms with Gasteiger partial charge in [-0.15, -0.1) is 11.6 Å². The highest BCUT2D eigenvalue weighted by Crippen LogP contribution is 2.55. The zero-order chi connectivity index (χ0) is 29.3. The highest BCUT2D eigenvalue weighted by atomic mass is 35.5. The van der Waals surface area contributed by atoms with Gasteiger partial charge >= 0.3 is 0 Å². The van der Waals surface area contributed by atoms with Crippen LogP contribution in [0.4, 0.5) is 11.4 Å². The molecule has 0 aromatic heterocycles. The van der Waals surface area contributed by atoms with Crippen LogP contribution >= 0.6 is 23.2 Å². The van der Waals surface area contributed by atoms with Crippen LogP contribution < -0.4 is 16.0 Å². The Hall–Kier alpha value is -3.32. The van der Waals surface area contributed by atoms with Crippen molar-refractivity contribution in [2.24, 2.45) is 17.6 Å². The van der Waals surface area contributed by atoms with Gasteiger partial charge in [0.05, 0.1) is 22.3 Å². The van der Waals surface area contributed by atoms with Gasteiger partial charge in [0.25, 0.3) is 5.91 Å². The van der Waals surface area contributed by atoms with Crippen LogP contribution in [0.2, 0.25) is 5.02 Å². The number of nitrogens with two attached hydrogens (primary N) is 1. The van der Waals surface area contributed by atoms with Crippen LogP contribution in [0.15, 0.2) is 22.7 Å². The third-order valence-electron chi connectivity index (χ3n) is 7.64. The molecular weight excluding hydrogens is 555 g/mol. The number of phenols is 1. The fraction of sp³-hybridized carbons (Fsp3) is 0.440. The number of Topliss-reactive ketones (excluding diaryl/α,β-unsaturated/α-hetero) is 2. The van der Waals surface area contributed by atoms with Crippen molar-refractivity contribution in [2.75, 3.05) is 44.3 Å². The molecule has 3 aliphatic carbocycles. The maximum absolute atomic E-state index is 13.9. The number of aliphatic hydroxyl groups excluding tert-OH is 2. The molecule has 3 aliphatic rings. The topological polar surface area (TPSA) is 194 Å². The molecule has 0 spiro atoms. The lowest BCUT2D eigenvalue weighted by Crippen LogP contribution is -2.63. The lowest BCUT2D eigenvalue weighted by Gasteiger charge is -2.50. The Balaban J connectivity index is 2.00. The minimum Gasteiger partial charge on any atom is -0.510 e. The second-order valence-corrected chi connectivity index (χ2v) is 10.9. The summed E-state index contributed by atoms with van der Waals surface area (Å²) >= 11 is 12.2. The average molecular weight is 583 g/mol. The second-order valence-electron chi connectivity index (χ2n) is 10.3. The van der Waals surface area contributed by atoms with E-state index >= 15 is 0 Å². The molecule has 0 radical (unpaired) electrons. The molecule has 0 heterocycles. The number of halogens is 2. The Morgan fingerprint density at radius 3 is 2.28 bits per heavy atom. The number of alkyl halides is 1. The van der Waals surface area contributed by atoms with Crippen LogP contribution in [0.1, 0.15) is 22.3 Å². The first-order valence-corrected chi connectivity index (χ1v) is 12.8. The molecule has 0 saturated heterocycles. The first kappa shape index (κ1) is 28.7. The monoisotopic (exact) mass is 582 g/mol. The van der Waals surface area contributed by atoms with Crippen molar-refractivity contribution in [1.29, 1.82) is 0 Å². The van der Waals surface area contributed by atoms with Crippen LogP contribution in [-0.2, 0) is 20.8 Å². The summed E-state index contributed by atoms with van der Waals surface area (Å²) in [6, 6.07) is -1.10. The number of amides is 2. The number of hydrogen-bond donors (Lipinski definition) is 6. The number of carbonyl (C=O) groups is 4. The molecule has 1 aromatic carbocycles. The molecule has 210 valence electrons. The van der Waals surface area contributed by atoms with Gasteiger partial charge in [-0.1, -0.05) is 11.6 Å². The number of ketones is 2. The van der Waals surface area contributed by atoms with Crippen molar-refractivity contribution >= 4 is 58.0 Å². The van der Waals surface area contributed by atoms with Crippen molar-refractivity contribution in [3.8, 4) is 5.75 Å². The molecule has 0 fully saturated rings. The molecule has 4 atom stereocenters. The summed E-state index contributed by atoms with van der Waals surface area (Å²) in [6.07, 6.45) is -0.0270. The predicted octanol–water partition coefficient (Wildman–Crippen LogP) is 1.02. The van der Waals surface area contributed by atoms with Gasteiger partial charge in [0.15, 0.2) is 17.1 Å². The van der Waals surface area contributed by atoms with E-state index in [1.165, 1.54) is 4.90 Å². The summed E-state index contributed by atoms with van der Waals surface area (Å²) in [7, 11) is 6.39. The maximum atomic E-state index is 13.9. The van der Waals surface area contributed by atoms with Gasteiger partial charge in [-0.25, -0.2) is 0 Å². The van der Waals surface area contributed by atoms with E-state index in [-0.39, 0.29) is 34.7 Å². The molecule has 39 heavy (non-hydrogen) atoms. The summed E-state index contributed by atoms with van der Waals surface area (Å²) in [4.78, 5) is 54.5. The van der Waals surface area contributed by atoms with E-state index in [1.807, 2.05) is 0 Å². The Bertz CT molecular complexity index is 1400. The number of phenolic OH excluding ortho intramolecular Hbond substituents is 1. The molecule has 2 amide bonds. The summed E-state index contributed by atoms with van der Waals surface area (Å²) in [6.45, 7) is 0. The first-order valence-electron chi connectivity index (χ1n) is 11.9. The van der Waals surface area contributed by atoms with Gasteiger partial charge in [0.1, 0.15) is 28.7 Å². The number of primary amides is 1. The van der Waals surface area contributed by atoms with Gasteiger partial charge in [-0.2, -0.15) is 0 Å². The van der Waals surface area contributed by atoms with E-state index in [2.05, 4.69) is 5.32 Å². The van der Waals surface area contributed by atoms with Crippen molar-refractivity contribution in [3.05, 3.63) is 38.8 Å². The summed E-state index contributed by atoms with van der Waals surface area (Å²) < 4.78 is 0. The minimum absolute atomic E-state index is 0.0407. The molecule has 0 bridgehead atoms. The normalized spacial score (nSPS) is 26.3. The summed E-state index contributed by atoms with van der Waals surface area (Å²) in [5.74, 6) is -8.95. The fourth-order valence-electron chi connectivity index (χ4n) is 6.09. The van der Waals surface area contributed by atoms with Crippen LogP contribution in [0.25, 0.3) is 0 Å². The SMILES string of the molecule is CN(C)c1c(Cl)c(NC(=O)CCl)c(O)c2c1CC1CC3[C@H](N(C)C)C(O)=C(C(N)=O)C(=O)C3(O)C(O)=C1C2=O. The zero-order valence-electron chi connectivity index (χ0n) is 21.5. The van der Waals surface area contributed by atoms with Crippen LogP contribution in [0, 0.1) is 11.8 Å². The Labute approximate surface area is 233 Å². The maximum Gasteiger partial charge on any atom is 0.255 e. The molecule has 0 aliphatic heterocycles. The van der Waals surface area contributed by atoms with Crippen LogP contribution in [0.5, 0.6) is 5.75 Å². The predicted molar refractivity (Wildman–Crippen MR) is 142 cm³/mol. The number of rotatable bonds is 5. The van der Waals surface area contributed by atoms with E-state index in [9.17, 15) is 39.6 Å². The number of aromatic hydroxyl groups is 1. The third-order valence-corrected chi connectivity index (χ3v) is 8.25. The van der Waals surface area contributed by atoms with E-state index in [4.69, 9.17) is 28.9 Å². The number of allylic oxidation sites excluding steroid dienone is 1. The van der Waals surface area contributed by atoms with Gasteiger partial charge in [-0.05, 0) is 38.4 Å². The number of fused-ring (bicyclic) bond motifs is 3. The van der Waals surface area contributed by atoms with Gasteiger partial charge in [0, 0.05) is 25.6 Å². The van der Waals surface area contributed by atoms with Crippen LogP contribution in [0.3, 0.4) is 0 Å². The quantitative estimate of drug-likeness (QED) is 0.166. The van der Waals surface area contributed by atoms with Gasteiger partial charge < -0.3 is 36.4 Å². The number of anilines is 2. The smallest absolute Gasteiger partial charge is 0.255 e. The number of nitrogens with one attached hydrogen (secondary N) is 1. The molecular formula is C25H28Cl2N4O8. The lowest BCUT2D eigenvalue weighted by atomic mass is 9.58. The minimum atomic E-state index is -2.76. The molecule has 7 N–H and O–H groups in total. The number of hydrogen-bond acceptors (Lipinski definition) is 10. The standard InChI is InChI=1S/C25H28Cl2N4O8/c1-30(2)17-9-5-8-6-10-18(31(3)4)21(35)14(24(28)38)23(37)25(10,39)22(36)12(8)19(33)13(9)20(34)16(15(17)27)29-11(32)7-26/h8,10,18,34-36,39H,5-7H2,1-4H3,(H2,28,38)(H,29,32)/t8?,10?,18-,25?/m0/s1. The molecule has 3 unspecified atom stereocenters. The van der Waals surface area contributed by atoms with Crippen molar-refractivity contribution < 1.29 is 39.6 Å². The van der Waals surface area contributed by atoms with Gasteiger partial charge in [0.2, 0.25) is 11.7 Å². The van der Waals surface area contributed by atoms with E-state index in [0.29, 0.717) is 11.3 Å². The number of likely N-dealkylation sites (N-methyl/N-ethyl adjacent to an activating group) is 1. The second kappa shape index (κ2) is 9.70. The third kappa shape index (κ3) is 3.96. The first-order chi connectivity index (χ1) is 18.1. The van der Waals surface area contributed by atoms with E-state index < -0.39 is 75.6 Å². The van der Waals surface area contributed by atoms with Crippen molar-refractivity contribution in [2.45, 2.75) is 24.5 Å². The summed E-state index contributed by atoms with van der Waals surface area (Å²) in [5.41, 5.74) is 1.46. The molecule has 12 nitrogen and oxygen atoms in total. The van der Waals surface area contributed by atoms with Crippen LogP contribution in [-0.4, -0.2) is 94.4 Å². The average Bonchev–Trinajstić information content (AvgIpc) is 2.83. The van der Waals surface area contributed by atoms with E-state index in [0.717, 1.165) is 0 Å². The Kier molecular flexibility index (Phi) is 7.13. The Morgan fingerprint density at radius 1 is 1.15 bits per heavy atom. The molecule has 14 heteroatoms.